The van der Waals surface area contributed by atoms with Gasteiger partial charge < -0.3 is 5.32 Å². The van der Waals surface area contributed by atoms with Gasteiger partial charge in [-0.05, 0) is 37.5 Å². The summed E-state index contributed by atoms with van der Waals surface area (Å²) in [5.74, 6) is -0.310. The molecule has 90 valence electrons. The lowest BCUT2D eigenvalue weighted by molar-refractivity contribution is -0.126. The van der Waals surface area contributed by atoms with E-state index < -0.39 is 5.41 Å². The molecular formula is C13H10BrN3O. The maximum absolute atomic E-state index is 12.0. The Kier molecular flexibility index (Phi) is 3.36. The van der Waals surface area contributed by atoms with Crippen LogP contribution in [-0.4, -0.2) is 5.91 Å². The fourth-order valence-corrected chi connectivity index (χ4v) is 2.24. The van der Waals surface area contributed by atoms with Gasteiger partial charge in [0.1, 0.15) is 11.5 Å². The first kappa shape index (κ1) is 12.6. The van der Waals surface area contributed by atoms with Crippen LogP contribution in [0.5, 0.6) is 0 Å². The van der Waals surface area contributed by atoms with E-state index in [0.717, 1.165) is 10.9 Å². The SMILES string of the molecule is N#Cc1cc(Br)ccc1NC(=O)C1(C#N)CCC1. The summed E-state index contributed by atoms with van der Waals surface area (Å²) in [6.07, 6.45) is 2.08. The van der Waals surface area contributed by atoms with E-state index in [-0.39, 0.29) is 5.91 Å². The fourth-order valence-electron chi connectivity index (χ4n) is 1.88. The second-order valence-electron chi connectivity index (χ2n) is 4.30. The average Bonchev–Trinajstić information content (AvgIpc) is 2.30. The summed E-state index contributed by atoms with van der Waals surface area (Å²) >= 11 is 3.27. The maximum Gasteiger partial charge on any atom is 0.244 e. The van der Waals surface area contributed by atoms with E-state index in [2.05, 4.69) is 27.3 Å². The molecule has 1 aliphatic carbocycles. The molecule has 1 aromatic carbocycles. The summed E-state index contributed by atoms with van der Waals surface area (Å²) < 4.78 is 0.774. The predicted molar refractivity (Wildman–Crippen MR) is 69.4 cm³/mol. The van der Waals surface area contributed by atoms with Crippen molar-refractivity contribution in [3.05, 3.63) is 28.2 Å². The van der Waals surface area contributed by atoms with Gasteiger partial charge in [-0.15, -0.1) is 0 Å². The van der Waals surface area contributed by atoms with Gasteiger partial charge in [0.15, 0.2) is 0 Å². The number of nitrogens with zero attached hydrogens (tertiary/aromatic N) is 2. The second-order valence-corrected chi connectivity index (χ2v) is 5.22. The predicted octanol–water partition coefficient (Wildman–Crippen LogP) is 2.95. The van der Waals surface area contributed by atoms with Gasteiger partial charge in [0.2, 0.25) is 5.91 Å². The second kappa shape index (κ2) is 4.80. The van der Waals surface area contributed by atoms with Gasteiger partial charge in [0.25, 0.3) is 0 Å². The summed E-state index contributed by atoms with van der Waals surface area (Å²) in [4.78, 5) is 12.0. The Morgan fingerprint density at radius 1 is 1.39 bits per heavy atom. The van der Waals surface area contributed by atoms with Crippen LogP contribution in [0.3, 0.4) is 0 Å². The van der Waals surface area contributed by atoms with E-state index in [4.69, 9.17) is 10.5 Å². The lowest BCUT2D eigenvalue weighted by atomic mass is 9.69. The van der Waals surface area contributed by atoms with E-state index in [1.165, 1.54) is 0 Å². The number of rotatable bonds is 2. The molecular weight excluding hydrogens is 294 g/mol. The van der Waals surface area contributed by atoms with Crippen molar-refractivity contribution in [2.75, 3.05) is 5.32 Å². The molecule has 0 unspecified atom stereocenters. The van der Waals surface area contributed by atoms with Gasteiger partial charge in [-0.1, -0.05) is 15.9 Å². The summed E-state index contributed by atoms with van der Waals surface area (Å²) in [7, 11) is 0. The van der Waals surface area contributed by atoms with E-state index in [9.17, 15) is 4.79 Å². The zero-order chi connectivity index (χ0) is 13.2. The Hall–Kier alpha value is -1.85. The third kappa shape index (κ3) is 2.10. The Morgan fingerprint density at radius 3 is 2.61 bits per heavy atom. The first-order valence-electron chi connectivity index (χ1n) is 5.54. The first-order valence-corrected chi connectivity index (χ1v) is 6.33. The van der Waals surface area contributed by atoms with Crippen LogP contribution >= 0.6 is 15.9 Å². The van der Waals surface area contributed by atoms with Crippen molar-refractivity contribution in [2.24, 2.45) is 5.41 Å². The first-order chi connectivity index (χ1) is 8.61. The highest BCUT2D eigenvalue weighted by atomic mass is 79.9. The van der Waals surface area contributed by atoms with Gasteiger partial charge >= 0.3 is 0 Å². The van der Waals surface area contributed by atoms with Crippen molar-refractivity contribution in [3.63, 3.8) is 0 Å². The molecule has 1 saturated carbocycles. The molecule has 5 heteroatoms. The van der Waals surface area contributed by atoms with Crippen LogP contribution in [0, 0.1) is 28.1 Å². The molecule has 0 saturated heterocycles. The molecule has 0 aliphatic heterocycles. The molecule has 0 radical (unpaired) electrons. The zero-order valence-corrected chi connectivity index (χ0v) is 11.1. The smallest absolute Gasteiger partial charge is 0.244 e. The van der Waals surface area contributed by atoms with Crippen molar-refractivity contribution in [1.82, 2.24) is 0 Å². The highest BCUT2D eigenvalue weighted by Crippen LogP contribution is 2.41. The zero-order valence-electron chi connectivity index (χ0n) is 9.53. The monoisotopic (exact) mass is 303 g/mol. The standard InChI is InChI=1S/C13H10BrN3O/c14-10-2-3-11(9(6-10)7-15)17-12(18)13(8-16)4-1-5-13/h2-3,6H,1,4-5H2,(H,17,18). The third-order valence-corrected chi connectivity index (χ3v) is 3.70. The number of benzene rings is 1. The van der Waals surface area contributed by atoms with Gasteiger partial charge in [-0.2, -0.15) is 10.5 Å². The summed E-state index contributed by atoms with van der Waals surface area (Å²) in [6.45, 7) is 0. The number of carbonyl (C=O) groups is 1. The van der Waals surface area contributed by atoms with Gasteiger partial charge in [-0.3, -0.25) is 4.79 Å². The van der Waals surface area contributed by atoms with Crippen LogP contribution in [0.1, 0.15) is 24.8 Å². The van der Waals surface area contributed by atoms with Crippen molar-refractivity contribution < 1.29 is 4.79 Å². The minimum Gasteiger partial charge on any atom is -0.324 e. The number of anilines is 1. The van der Waals surface area contributed by atoms with E-state index >= 15 is 0 Å². The number of hydrogen-bond donors (Lipinski definition) is 1. The number of nitrogens with one attached hydrogen (secondary N) is 1. The van der Waals surface area contributed by atoms with E-state index in [1.807, 2.05) is 6.07 Å². The Morgan fingerprint density at radius 2 is 2.11 bits per heavy atom. The largest absolute Gasteiger partial charge is 0.324 e. The number of nitriles is 2. The molecule has 2 rings (SSSR count). The molecule has 0 heterocycles. The van der Waals surface area contributed by atoms with Gasteiger partial charge in [0.05, 0.1) is 17.3 Å². The molecule has 1 fully saturated rings. The minimum absolute atomic E-state index is 0.310. The fraction of sp³-hybridized carbons (Fsp3) is 0.308. The van der Waals surface area contributed by atoms with Crippen LogP contribution < -0.4 is 5.32 Å². The number of hydrogen-bond acceptors (Lipinski definition) is 3. The van der Waals surface area contributed by atoms with Crippen LogP contribution in [-0.2, 0) is 4.79 Å². The molecule has 1 amide bonds. The normalized spacial score (nSPS) is 15.9. The summed E-state index contributed by atoms with van der Waals surface area (Å²) in [5.41, 5.74) is -0.0721. The average molecular weight is 304 g/mol. The van der Waals surface area contributed by atoms with Crippen molar-refractivity contribution in [3.8, 4) is 12.1 Å². The van der Waals surface area contributed by atoms with Crippen molar-refractivity contribution in [1.29, 1.82) is 10.5 Å². The summed E-state index contributed by atoms with van der Waals surface area (Å²) in [6, 6.07) is 9.14. The van der Waals surface area contributed by atoms with Crippen LogP contribution in [0.15, 0.2) is 22.7 Å². The third-order valence-electron chi connectivity index (χ3n) is 3.21. The molecule has 0 bridgehead atoms. The minimum atomic E-state index is -0.903. The molecule has 1 aliphatic rings. The highest BCUT2D eigenvalue weighted by Gasteiger charge is 2.44. The van der Waals surface area contributed by atoms with E-state index in [1.54, 1.807) is 18.2 Å². The number of amides is 1. The van der Waals surface area contributed by atoms with Crippen molar-refractivity contribution >= 4 is 27.5 Å². The molecule has 4 nitrogen and oxygen atoms in total. The molecule has 0 aromatic heterocycles. The molecule has 0 atom stereocenters. The van der Waals surface area contributed by atoms with Crippen LogP contribution in [0.2, 0.25) is 0 Å². The topological polar surface area (TPSA) is 76.7 Å². The van der Waals surface area contributed by atoms with Gasteiger partial charge in [-0.25, -0.2) is 0 Å². The Balaban J connectivity index is 2.23. The highest BCUT2D eigenvalue weighted by molar-refractivity contribution is 9.10. The van der Waals surface area contributed by atoms with Gasteiger partial charge in [0, 0.05) is 4.47 Å². The van der Waals surface area contributed by atoms with Crippen LogP contribution in [0.25, 0.3) is 0 Å². The molecule has 0 spiro atoms. The van der Waals surface area contributed by atoms with Crippen molar-refractivity contribution in [2.45, 2.75) is 19.3 Å². The molecule has 18 heavy (non-hydrogen) atoms. The Bertz CT molecular complexity index is 579. The summed E-state index contributed by atoms with van der Waals surface area (Å²) in [5, 5.41) is 20.7. The quantitative estimate of drug-likeness (QED) is 0.912. The van der Waals surface area contributed by atoms with Crippen LogP contribution in [0.4, 0.5) is 5.69 Å². The number of carbonyl (C=O) groups excluding carboxylic acids is 1. The van der Waals surface area contributed by atoms with E-state index in [0.29, 0.717) is 24.1 Å². The lowest BCUT2D eigenvalue weighted by Gasteiger charge is -2.33. The lowest BCUT2D eigenvalue weighted by Crippen LogP contribution is -2.40. The molecule has 1 aromatic rings. The number of halogens is 1. The molecule has 1 N–H and O–H groups in total. The Labute approximate surface area is 113 Å². The maximum atomic E-state index is 12.0.